The van der Waals surface area contributed by atoms with E-state index in [0.29, 0.717) is 11.3 Å². The molecular weight excluding hydrogens is 347 g/mol. The maximum absolute atomic E-state index is 12.0. The van der Waals surface area contributed by atoms with Crippen LogP contribution in [0, 0.1) is 12.7 Å². The lowest BCUT2D eigenvalue weighted by atomic mass is 10.2. The summed E-state index contributed by atoms with van der Waals surface area (Å²) < 4.78 is 12.0. The van der Waals surface area contributed by atoms with Crippen molar-refractivity contribution in [3.63, 3.8) is 0 Å². The molecule has 0 fully saturated rings. The molecule has 0 saturated heterocycles. The third-order valence-electron chi connectivity index (χ3n) is 3.06. The predicted octanol–water partition coefficient (Wildman–Crippen LogP) is 3.14. The number of nitrogen functional groups attached to an aromatic ring is 1. The third kappa shape index (κ3) is 4.88. The number of nitrogens with two attached hydrogens (primary N) is 1. The fourth-order valence-corrected chi connectivity index (χ4v) is 2.52. The molecule has 5 N–H and O–H groups in total. The van der Waals surface area contributed by atoms with Gasteiger partial charge in [0.25, 0.3) is 5.91 Å². The van der Waals surface area contributed by atoms with Gasteiger partial charge in [-0.1, -0.05) is 0 Å². The molecule has 0 aliphatic heterocycles. The van der Waals surface area contributed by atoms with Gasteiger partial charge in [0.2, 0.25) is 0 Å². The first-order chi connectivity index (χ1) is 11.9. The second-order valence-corrected chi connectivity index (χ2v) is 5.97. The number of carbonyl (C=O) groups excluding carboxylic acids is 1. The zero-order valence-electron chi connectivity index (χ0n) is 13.1. The van der Waals surface area contributed by atoms with Crippen molar-refractivity contribution in [1.82, 2.24) is 10.2 Å². The van der Waals surface area contributed by atoms with Gasteiger partial charge in [0.05, 0.1) is 11.3 Å². The number of rotatable bonds is 3. The first-order valence-corrected chi connectivity index (χ1v) is 7.90. The number of hydrogen-bond acceptors (Lipinski definition) is 5. The fraction of sp³-hybridized carbons (Fsp3) is 0.0625. The van der Waals surface area contributed by atoms with E-state index in [1.807, 2.05) is 6.92 Å². The molecule has 3 rings (SSSR count). The van der Waals surface area contributed by atoms with Crippen molar-refractivity contribution in [2.24, 2.45) is 0 Å². The minimum absolute atomic E-state index is 0.160. The van der Waals surface area contributed by atoms with Gasteiger partial charge in [0.15, 0.2) is 5.69 Å². The summed E-state index contributed by atoms with van der Waals surface area (Å²) in [6.45, 7) is 1.83. The fourth-order valence-electron chi connectivity index (χ4n) is 1.82. The van der Waals surface area contributed by atoms with Crippen molar-refractivity contribution in [3.8, 4) is 0 Å². The summed E-state index contributed by atoms with van der Waals surface area (Å²) in [5.41, 5.74) is 6.34. The van der Waals surface area contributed by atoms with Gasteiger partial charge in [0, 0.05) is 16.8 Å². The minimum atomic E-state index is -1.19. The van der Waals surface area contributed by atoms with Gasteiger partial charge in [-0.25, -0.2) is 9.18 Å². The van der Waals surface area contributed by atoms with Crippen molar-refractivity contribution >= 4 is 34.6 Å². The van der Waals surface area contributed by atoms with Crippen LogP contribution in [-0.2, 0) is 0 Å². The van der Waals surface area contributed by atoms with Crippen LogP contribution in [0.25, 0.3) is 0 Å². The van der Waals surface area contributed by atoms with Crippen molar-refractivity contribution < 1.29 is 19.1 Å². The summed E-state index contributed by atoms with van der Waals surface area (Å²) in [5, 5.41) is 19.1. The van der Waals surface area contributed by atoms with Crippen LogP contribution >= 0.6 is 11.3 Å². The normalized spacial score (nSPS) is 9.84. The molecule has 7 nitrogen and oxygen atoms in total. The topological polar surface area (TPSA) is 121 Å². The highest BCUT2D eigenvalue weighted by Crippen LogP contribution is 2.18. The monoisotopic (exact) mass is 362 g/mol. The predicted molar refractivity (Wildman–Crippen MR) is 93.4 cm³/mol. The molecule has 0 radical (unpaired) electrons. The molecule has 9 heteroatoms. The standard InChI is InChI=1S/C10H9N3O3S.C6H6FN/c1-5-6(2-3-17-5)9(14)12-7-4-11-13-8(7)10(15)16;7-5-1-3-6(8)4-2-5/h2-4H,1H3,(H,11,13)(H,12,14)(H,15,16);1-4H,8H2. The number of aromatic amines is 1. The highest BCUT2D eigenvalue weighted by atomic mass is 32.1. The molecule has 130 valence electrons. The van der Waals surface area contributed by atoms with Crippen LogP contribution < -0.4 is 11.1 Å². The second-order valence-electron chi connectivity index (χ2n) is 4.85. The molecule has 0 spiro atoms. The number of carboxylic acid groups (broad SMARTS) is 1. The number of nitrogens with zero attached hydrogens (tertiary/aromatic N) is 1. The van der Waals surface area contributed by atoms with E-state index in [-0.39, 0.29) is 23.1 Å². The van der Waals surface area contributed by atoms with Gasteiger partial charge in [-0.15, -0.1) is 11.3 Å². The largest absolute Gasteiger partial charge is 0.476 e. The summed E-state index contributed by atoms with van der Waals surface area (Å²) in [4.78, 5) is 23.5. The van der Waals surface area contributed by atoms with Crippen molar-refractivity contribution in [3.05, 3.63) is 63.9 Å². The van der Waals surface area contributed by atoms with Crippen LogP contribution in [0.5, 0.6) is 0 Å². The summed E-state index contributed by atoms with van der Waals surface area (Å²) in [7, 11) is 0. The highest BCUT2D eigenvalue weighted by Gasteiger charge is 2.17. The highest BCUT2D eigenvalue weighted by molar-refractivity contribution is 7.10. The number of carboxylic acids is 1. The van der Waals surface area contributed by atoms with E-state index in [1.54, 1.807) is 11.4 Å². The van der Waals surface area contributed by atoms with Crippen LogP contribution in [-0.4, -0.2) is 27.2 Å². The minimum Gasteiger partial charge on any atom is -0.476 e. The van der Waals surface area contributed by atoms with Gasteiger partial charge >= 0.3 is 5.97 Å². The van der Waals surface area contributed by atoms with Crippen molar-refractivity contribution in [2.75, 3.05) is 11.1 Å². The molecule has 1 aromatic carbocycles. The zero-order valence-corrected chi connectivity index (χ0v) is 13.9. The van der Waals surface area contributed by atoms with E-state index in [1.165, 1.54) is 41.8 Å². The molecule has 2 aromatic heterocycles. The number of benzene rings is 1. The molecular formula is C16H15FN4O3S. The molecule has 0 aliphatic carbocycles. The van der Waals surface area contributed by atoms with Gasteiger partial charge in [0.1, 0.15) is 5.82 Å². The Bertz CT molecular complexity index is 853. The summed E-state index contributed by atoms with van der Waals surface area (Å²) in [5.74, 6) is -1.78. The molecule has 25 heavy (non-hydrogen) atoms. The number of aryl methyl sites for hydroxylation is 1. The first kappa shape index (κ1) is 18.1. The van der Waals surface area contributed by atoms with Gasteiger partial charge < -0.3 is 16.2 Å². The third-order valence-corrected chi connectivity index (χ3v) is 3.91. The SMILES string of the molecule is Cc1sccc1C(=O)Nc1c[nH]nc1C(=O)O.Nc1ccc(F)cc1. The van der Waals surface area contributed by atoms with Crippen molar-refractivity contribution in [2.45, 2.75) is 6.92 Å². The molecule has 0 atom stereocenters. The Hall–Kier alpha value is -3.20. The quantitative estimate of drug-likeness (QED) is 0.533. The van der Waals surface area contributed by atoms with Crippen LogP contribution in [0.15, 0.2) is 41.9 Å². The molecule has 0 unspecified atom stereocenters. The number of amides is 1. The number of aromatic carboxylic acids is 1. The van der Waals surface area contributed by atoms with Gasteiger partial charge in [-0.05, 0) is 42.6 Å². The van der Waals surface area contributed by atoms with Crippen LogP contribution in [0.4, 0.5) is 15.8 Å². The molecule has 3 aromatic rings. The maximum Gasteiger partial charge on any atom is 0.358 e. The maximum atomic E-state index is 12.0. The van der Waals surface area contributed by atoms with E-state index >= 15 is 0 Å². The number of hydrogen-bond donors (Lipinski definition) is 4. The summed E-state index contributed by atoms with van der Waals surface area (Å²) >= 11 is 1.46. The number of thiophene rings is 1. The van der Waals surface area contributed by atoms with E-state index in [2.05, 4.69) is 15.5 Å². The lowest BCUT2D eigenvalue weighted by molar-refractivity contribution is 0.0691. The number of aromatic nitrogens is 2. The number of nitrogens with one attached hydrogen (secondary N) is 2. The lowest BCUT2D eigenvalue weighted by Gasteiger charge is -2.02. The molecule has 1 amide bonds. The summed E-state index contributed by atoms with van der Waals surface area (Å²) in [6.07, 6.45) is 1.34. The number of H-pyrrole nitrogens is 1. The number of halogens is 1. The average Bonchev–Trinajstić information content (AvgIpc) is 3.19. The Labute approximate surface area is 146 Å². The van der Waals surface area contributed by atoms with E-state index in [4.69, 9.17) is 10.8 Å². The second kappa shape index (κ2) is 8.06. The lowest BCUT2D eigenvalue weighted by Crippen LogP contribution is -2.14. The Morgan fingerprint density at radius 3 is 2.48 bits per heavy atom. The number of carbonyl (C=O) groups is 2. The molecule has 0 bridgehead atoms. The van der Waals surface area contributed by atoms with Crippen LogP contribution in [0.1, 0.15) is 25.7 Å². The average molecular weight is 362 g/mol. The number of anilines is 2. The molecule has 2 heterocycles. The molecule has 0 aliphatic rings. The molecule has 0 saturated carbocycles. The summed E-state index contributed by atoms with van der Waals surface area (Å²) in [6, 6.07) is 7.39. The van der Waals surface area contributed by atoms with E-state index < -0.39 is 5.97 Å². The zero-order chi connectivity index (χ0) is 18.4. The van der Waals surface area contributed by atoms with Crippen LogP contribution in [0.2, 0.25) is 0 Å². The Kier molecular flexibility index (Phi) is 5.85. The Morgan fingerprint density at radius 1 is 1.28 bits per heavy atom. The van der Waals surface area contributed by atoms with Gasteiger partial charge in [-0.2, -0.15) is 5.10 Å². The first-order valence-electron chi connectivity index (χ1n) is 7.02. The Balaban J connectivity index is 0.000000236. The smallest absolute Gasteiger partial charge is 0.358 e. The van der Waals surface area contributed by atoms with E-state index in [9.17, 15) is 14.0 Å². The van der Waals surface area contributed by atoms with Crippen molar-refractivity contribution in [1.29, 1.82) is 0 Å². The Morgan fingerprint density at radius 2 is 1.96 bits per heavy atom. The van der Waals surface area contributed by atoms with Crippen LogP contribution in [0.3, 0.4) is 0 Å². The van der Waals surface area contributed by atoms with E-state index in [0.717, 1.165) is 4.88 Å². The van der Waals surface area contributed by atoms with Gasteiger partial charge in [-0.3, -0.25) is 9.89 Å².